The van der Waals surface area contributed by atoms with Gasteiger partial charge in [-0.3, -0.25) is 9.59 Å². The van der Waals surface area contributed by atoms with E-state index in [2.05, 4.69) is 5.10 Å². The molecule has 8 nitrogen and oxygen atoms in total. The number of hydrogen-bond acceptors (Lipinski definition) is 7. The van der Waals surface area contributed by atoms with E-state index in [1.165, 1.54) is 25.3 Å². The van der Waals surface area contributed by atoms with Gasteiger partial charge in [0.15, 0.2) is 23.9 Å². The summed E-state index contributed by atoms with van der Waals surface area (Å²) in [4.78, 5) is 36.8. The normalized spacial score (nSPS) is 13.5. The molecule has 8 heteroatoms. The highest BCUT2D eigenvalue weighted by atomic mass is 16.5. The number of esters is 1. The molecule has 3 rings (SSSR count). The number of methoxy groups -OCH3 is 2. The van der Waals surface area contributed by atoms with Crippen molar-refractivity contribution in [2.24, 2.45) is 5.10 Å². The Bertz CT molecular complexity index is 955. The van der Waals surface area contributed by atoms with Gasteiger partial charge in [0.05, 0.1) is 19.9 Å². The quantitative estimate of drug-likeness (QED) is 0.527. The van der Waals surface area contributed by atoms with Gasteiger partial charge in [-0.1, -0.05) is 18.2 Å². The lowest BCUT2D eigenvalue weighted by atomic mass is 10.1. The van der Waals surface area contributed by atoms with Crippen molar-refractivity contribution in [3.63, 3.8) is 0 Å². The molecule has 0 saturated heterocycles. The van der Waals surface area contributed by atoms with E-state index in [0.29, 0.717) is 22.7 Å². The van der Waals surface area contributed by atoms with Crippen LogP contribution in [0.2, 0.25) is 0 Å². The third kappa shape index (κ3) is 4.60. The third-order valence-electron chi connectivity index (χ3n) is 4.31. The Hall–Kier alpha value is -3.68. The number of carbonyl (C=O) groups excluding carboxylic acids is 3. The molecular weight excluding hydrogens is 376 g/mol. The second kappa shape index (κ2) is 9.01. The molecule has 2 aromatic carbocycles. The average molecular weight is 396 g/mol. The van der Waals surface area contributed by atoms with Gasteiger partial charge in [0.25, 0.3) is 0 Å². The minimum atomic E-state index is -0.729. The molecule has 29 heavy (non-hydrogen) atoms. The van der Waals surface area contributed by atoms with Crippen LogP contribution in [0.4, 0.5) is 5.69 Å². The van der Waals surface area contributed by atoms with Crippen molar-refractivity contribution in [1.82, 2.24) is 0 Å². The Morgan fingerprint density at radius 3 is 2.41 bits per heavy atom. The van der Waals surface area contributed by atoms with E-state index in [1.807, 2.05) is 6.07 Å². The Balaban J connectivity index is 1.67. The molecule has 0 aliphatic carbocycles. The Morgan fingerprint density at radius 1 is 1.00 bits per heavy atom. The molecule has 2 aromatic rings. The highest BCUT2D eigenvalue weighted by Crippen LogP contribution is 2.27. The van der Waals surface area contributed by atoms with E-state index in [4.69, 9.17) is 14.2 Å². The largest absolute Gasteiger partial charge is 0.493 e. The van der Waals surface area contributed by atoms with Gasteiger partial charge in [-0.2, -0.15) is 5.10 Å². The average Bonchev–Trinajstić information content (AvgIpc) is 2.77. The van der Waals surface area contributed by atoms with Crippen molar-refractivity contribution in [3.05, 3.63) is 54.1 Å². The molecule has 0 bridgehead atoms. The Labute approximate surface area is 167 Å². The number of Topliss-reactive ketones (excluding diaryl/α,β-unsaturated/α-hetero) is 1. The number of benzene rings is 2. The van der Waals surface area contributed by atoms with E-state index >= 15 is 0 Å². The number of ketones is 1. The zero-order chi connectivity index (χ0) is 20.8. The van der Waals surface area contributed by atoms with Crippen molar-refractivity contribution in [2.75, 3.05) is 25.8 Å². The van der Waals surface area contributed by atoms with Crippen LogP contribution in [0.25, 0.3) is 0 Å². The zero-order valence-corrected chi connectivity index (χ0v) is 16.1. The molecule has 0 radical (unpaired) electrons. The molecule has 1 aliphatic heterocycles. The van der Waals surface area contributed by atoms with E-state index in [0.717, 1.165) is 0 Å². The fourth-order valence-electron chi connectivity index (χ4n) is 2.78. The van der Waals surface area contributed by atoms with Gasteiger partial charge in [0.1, 0.15) is 5.71 Å². The minimum absolute atomic E-state index is 0.0913. The molecule has 0 N–H and O–H groups in total. The predicted molar refractivity (Wildman–Crippen MR) is 105 cm³/mol. The van der Waals surface area contributed by atoms with Crippen molar-refractivity contribution < 1.29 is 28.6 Å². The standard InChI is InChI=1S/C21H20N2O6/c1-27-18-10-8-14(12-19(18)28-2)17(24)13-29-21(26)16-9-11-20(25)23(22-16)15-6-4-3-5-7-15/h3-8,10,12H,9,11,13H2,1-2H3. The van der Waals surface area contributed by atoms with Crippen molar-refractivity contribution in [1.29, 1.82) is 0 Å². The molecule has 0 aromatic heterocycles. The summed E-state index contributed by atoms with van der Waals surface area (Å²) in [5.74, 6) is -0.449. The van der Waals surface area contributed by atoms with Crippen LogP contribution in [0.1, 0.15) is 23.2 Å². The number of amides is 1. The summed E-state index contributed by atoms with van der Waals surface area (Å²) in [7, 11) is 2.96. The Kier molecular flexibility index (Phi) is 6.23. The van der Waals surface area contributed by atoms with Crippen LogP contribution in [0.5, 0.6) is 11.5 Å². The second-order valence-electron chi connectivity index (χ2n) is 6.16. The first kappa shape index (κ1) is 20.1. The lowest BCUT2D eigenvalue weighted by Gasteiger charge is -2.22. The molecule has 0 saturated carbocycles. The number of nitrogens with zero attached hydrogens (tertiary/aromatic N) is 2. The summed E-state index contributed by atoms with van der Waals surface area (Å²) in [5, 5.41) is 5.29. The topological polar surface area (TPSA) is 94.5 Å². The summed E-state index contributed by atoms with van der Waals surface area (Å²) >= 11 is 0. The number of hydrogen-bond donors (Lipinski definition) is 0. The molecule has 150 valence electrons. The van der Waals surface area contributed by atoms with Crippen LogP contribution >= 0.6 is 0 Å². The van der Waals surface area contributed by atoms with Crippen molar-refractivity contribution >= 4 is 29.1 Å². The summed E-state index contributed by atoms with van der Waals surface area (Å²) in [6.45, 7) is -0.452. The first-order valence-corrected chi connectivity index (χ1v) is 8.91. The van der Waals surface area contributed by atoms with Crippen LogP contribution in [0.3, 0.4) is 0 Å². The van der Waals surface area contributed by atoms with Gasteiger partial charge in [0, 0.05) is 18.4 Å². The number of ether oxygens (including phenoxy) is 3. The zero-order valence-electron chi connectivity index (χ0n) is 16.1. The van der Waals surface area contributed by atoms with Gasteiger partial charge in [-0.05, 0) is 30.3 Å². The smallest absolute Gasteiger partial charge is 0.354 e. The molecule has 0 unspecified atom stereocenters. The summed E-state index contributed by atoms with van der Waals surface area (Å²) in [5.41, 5.74) is 0.972. The van der Waals surface area contributed by atoms with Gasteiger partial charge in [0.2, 0.25) is 5.91 Å². The first-order chi connectivity index (χ1) is 14.0. The van der Waals surface area contributed by atoms with Crippen molar-refractivity contribution in [3.8, 4) is 11.5 Å². The lowest BCUT2D eigenvalue weighted by molar-refractivity contribution is -0.134. The van der Waals surface area contributed by atoms with Crippen LogP contribution in [-0.4, -0.2) is 44.2 Å². The fourth-order valence-corrected chi connectivity index (χ4v) is 2.78. The highest BCUT2D eigenvalue weighted by Gasteiger charge is 2.27. The maximum absolute atomic E-state index is 12.4. The summed E-state index contributed by atoms with van der Waals surface area (Å²) in [6, 6.07) is 13.5. The van der Waals surface area contributed by atoms with Gasteiger partial charge in [-0.25, -0.2) is 9.80 Å². The van der Waals surface area contributed by atoms with Crippen LogP contribution in [0, 0.1) is 0 Å². The van der Waals surface area contributed by atoms with E-state index in [1.54, 1.807) is 36.4 Å². The van der Waals surface area contributed by atoms with Crippen molar-refractivity contribution in [2.45, 2.75) is 12.8 Å². The molecule has 1 amide bonds. The minimum Gasteiger partial charge on any atom is -0.493 e. The maximum atomic E-state index is 12.4. The number of para-hydroxylation sites is 1. The van der Waals surface area contributed by atoms with Gasteiger partial charge < -0.3 is 14.2 Å². The van der Waals surface area contributed by atoms with E-state index < -0.39 is 18.4 Å². The molecule has 1 aliphatic rings. The predicted octanol–water partition coefficient (Wildman–Crippen LogP) is 2.61. The molecule has 0 spiro atoms. The SMILES string of the molecule is COc1ccc(C(=O)COC(=O)C2=NN(c3ccccc3)C(=O)CC2)cc1OC. The van der Waals surface area contributed by atoms with Crippen LogP contribution < -0.4 is 14.5 Å². The maximum Gasteiger partial charge on any atom is 0.354 e. The number of hydrazone groups is 1. The van der Waals surface area contributed by atoms with Crippen LogP contribution in [-0.2, 0) is 14.3 Å². The molecule has 0 fully saturated rings. The molecule has 0 atom stereocenters. The second-order valence-corrected chi connectivity index (χ2v) is 6.16. The third-order valence-corrected chi connectivity index (χ3v) is 4.31. The summed E-state index contributed by atoms with van der Waals surface area (Å²) < 4.78 is 15.4. The van der Waals surface area contributed by atoms with E-state index in [-0.39, 0.29) is 24.5 Å². The monoisotopic (exact) mass is 396 g/mol. The summed E-state index contributed by atoms with van der Waals surface area (Å²) in [6.07, 6.45) is 0.290. The number of carbonyl (C=O) groups is 3. The lowest BCUT2D eigenvalue weighted by Crippen LogP contribution is -2.35. The highest BCUT2D eigenvalue weighted by molar-refractivity contribution is 6.38. The molecule has 1 heterocycles. The number of rotatable bonds is 7. The molecular formula is C21H20N2O6. The van der Waals surface area contributed by atoms with E-state index in [9.17, 15) is 14.4 Å². The van der Waals surface area contributed by atoms with Gasteiger partial charge in [-0.15, -0.1) is 0 Å². The van der Waals surface area contributed by atoms with Crippen LogP contribution in [0.15, 0.2) is 53.6 Å². The number of anilines is 1. The Morgan fingerprint density at radius 2 is 1.72 bits per heavy atom. The van der Waals surface area contributed by atoms with Gasteiger partial charge >= 0.3 is 5.97 Å². The fraction of sp³-hybridized carbons (Fsp3) is 0.238. The first-order valence-electron chi connectivity index (χ1n) is 8.91.